The first-order chi connectivity index (χ1) is 9.30. The zero-order valence-electron chi connectivity index (χ0n) is 13.7. The lowest BCUT2D eigenvalue weighted by molar-refractivity contribution is 0.320. The molecule has 114 valence electrons. The van der Waals surface area contributed by atoms with Gasteiger partial charge in [-0.05, 0) is 69.7 Å². The number of hydrogen-bond donors (Lipinski definition) is 1. The second-order valence-corrected chi connectivity index (χ2v) is 7.08. The summed E-state index contributed by atoms with van der Waals surface area (Å²) >= 11 is 0. The molecule has 2 unspecified atom stereocenters. The SMILES string of the molecule is CCC(C)CC(CNC(C)(C)C)Cc1ccc(F)cc1. The van der Waals surface area contributed by atoms with Crippen molar-refractivity contribution in [3.05, 3.63) is 35.6 Å². The summed E-state index contributed by atoms with van der Waals surface area (Å²) in [5.74, 6) is 1.19. The van der Waals surface area contributed by atoms with Gasteiger partial charge in [-0.15, -0.1) is 0 Å². The number of halogens is 1. The van der Waals surface area contributed by atoms with Crippen LogP contribution in [0.4, 0.5) is 4.39 Å². The van der Waals surface area contributed by atoms with E-state index in [9.17, 15) is 4.39 Å². The smallest absolute Gasteiger partial charge is 0.123 e. The van der Waals surface area contributed by atoms with Gasteiger partial charge < -0.3 is 5.32 Å². The molecular formula is C18H30FN. The van der Waals surface area contributed by atoms with Crippen LogP contribution in [0.15, 0.2) is 24.3 Å². The molecule has 0 aliphatic rings. The van der Waals surface area contributed by atoms with E-state index in [-0.39, 0.29) is 11.4 Å². The van der Waals surface area contributed by atoms with Gasteiger partial charge in [0.25, 0.3) is 0 Å². The third kappa shape index (κ3) is 7.04. The maximum absolute atomic E-state index is 13.0. The van der Waals surface area contributed by atoms with Gasteiger partial charge in [-0.2, -0.15) is 0 Å². The zero-order chi connectivity index (χ0) is 15.2. The topological polar surface area (TPSA) is 12.0 Å². The molecule has 0 amide bonds. The summed E-state index contributed by atoms with van der Waals surface area (Å²) < 4.78 is 13.0. The molecule has 0 aromatic heterocycles. The quantitative estimate of drug-likeness (QED) is 0.755. The van der Waals surface area contributed by atoms with Gasteiger partial charge in [0.1, 0.15) is 5.82 Å². The highest BCUT2D eigenvalue weighted by atomic mass is 19.1. The van der Waals surface area contributed by atoms with Crippen LogP contribution in [-0.4, -0.2) is 12.1 Å². The Morgan fingerprint density at radius 2 is 1.75 bits per heavy atom. The van der Waals surface area contributed by atoms with Gasteiger partial charge in [-0.25, -0.2) is 4.39 Å². The lowest BCUT2D eigenvalue weighted by Gasteiger charge is -2.27. The second kappa shape index (κ2) is 7.78. The highest BCUT2D eigenvalue weighted by molar-refractivity contribution is 5.16. The molecule has 1 aromatic rings. The third-order valence-corrected chi connectivity index (χ3v) is 3.79. The van der Waals surface area contributed by atoms with Gasteiger partial charge in [-0.1, -0.05) is 32.4 Å². The Bertz CT molecular complexity index is 377. The van der Waals surface area contributed by atoms with E-state index in [1.807, 2.05) is 12.1 Å². The summed E-state index contributed by atoms with van der Waals surface area (Å²) in [6.45, 7) is 12.2. The van der Waals surface area contributed by atoms with E-state index < -0.39 is 0 Å². The van der Waals surface area contributed by atoms with Crippen molar-refractivity contribution in [1.29, 1.82) is 0 Å². The maximum Gasteiger partial charge on any atom is 0.123 e. The molecule has 1 nitrogen and oxygen atoms in total. The van der Waals surface area contributed by atoms with Gasteiger partial charge >= 0.3 is 0 Å². The first-order valence-corrected chi connectivity index (χ1v) is 7.79. The summed E-state index contributed by atoms with van der Waals surface area (Å²) in [7, 11) is 0. The number of rotatable bonds is 7. The van der Waals surface area contributed by atoms with Crippen molar-refractivity contribution in [2.24, 2.45) is 11.8 Å². The number of hydrogen-bond acceptors (Lipinski definition) is 1. The minimum atomic E-state index is -0.153. The van der Waals surface area contributed by atoms with Gasteiger partial charge in [0.05, 0.1) is 0 Å². The lowest BCUT2D eigenvalue weighted by Crippen LogP contribution is -2.40. The number of nitrogens with one attached hydrogen (secondary N) is 1. The maximum atomic E-state index is 13.0. The van der Waals surface area contributed by atoms with E-state index in [4.69, 9.17) is 0 Å². The van der Waals surface area contributed by atoms with Crippen LogP contribution in [-0.2, 0) is 6.42 Å². The highest BCUT2D eigenvalue weighted by Crippen LogP contribution is 2.20. The largest absolute Gasteiger partial charge is 0.312 e. The van der Waals surface area contributed by atoms with Crippen molar-refractivity contribution in [1.82, 2.24) is 5.32 Å². The Balaban J connectivity index is 2.63. The molecule has 1 aromatic carbocycles. The lowest BCUT2D eigenvalue weighted by atomic mass is 9.88. The van der Waals surface area contributed by atoms with Crippen molar-refractivity contribution in [2.75, 3.05) is 6.54 Å². The van der Waals surface area contributed by atoms with Gasteiger partial charge in [0.2, 0.25) is 0 Å². The first-order valence-electron chi connectivity index (χ1n) is 7.79. The van der Waals surface area contributed by atoms with Crippen LogP contribution in [0.1, 0.15) is 53.0 Å². The van der Waals surface area contributed by atoms with E-state index in [1.165, 1.54) is 18.4 Å². The summed E-state index contributed by atoms with van der Waals surface area (Å²) in [4.78, 5) is 0. The van der Waals surface area contributed by atoms with Crippen molar-refractivity contribution in [2.45, 2.75) is 59.4 Å². The predicted molar refractivity (Wildman–Crippen MR) is 85.4 cm³/mol. The molecule has 1 rings (SSSR count). The molecule has 0 bridgehead atoms. The van der Waals surface area contributed by atoms with Crippen LogP contribution in [0.2, 0.25) is 0 Å². The minimum Gasteiger partial charge on any atom is -0.312 e. The van der Waals surface area contributed by atoms with Gasteiger partial charge in [0.15, 0.2) is 0 Å². The van der Waals surface area contributed by atoms with E-state index >= 15 is 0 Å². The number of benzene rings is 1. The second-order valence-electron chi connectivity index (χ2n) is 7.08. The molecule has 1 N–H and O–H groups in total. The standard InChI is InChI=1S/C18H30FN/c1-6-14(2)11-16(13-20-18(3,4)5)12-15-7-9-17(19)10-8-15/h7-10,14,16,20H,6,11-13H2,1-5H3. The Morgan fingerprint density at radius 3 is 2.25 bits per heavy atom. The summed E-state index contributed by atoms with van der Waals surface area (Å²) in [5.41, 5.74) is 1.38. The van der Waals surface area contributed by atoms with Crippen LogP contribution >= 0.6 is 0 Å². The molecule has 0 radical (unpaired) electrons. The van der Waals surface area contributed by atoms with E-state index in [0.717, 1.165) is 18.9 Å². The average molecular weight is 279 g/mol. The molecule has 0 aliphatic heterocycles. The van der Waals surface area contributed by atoms with Crippen molar-refractivity contribution in [3.8, 4) is 0 Å². The fourth-order valence-electron chi connectivity index (χ4n) is 2.38. The van der Waals surface area contributed by atoms with Gasteiger partial charge in [0, 0.05) is 5.54 Å². The van der Waals surface area contributed by atoms with E-state index in [2.05, 4.69) is 39.9 Å². The molecule has 0 spiro atoms. The summed E-state index contributed by atoms with van der Waals surface area (Å²) in [5, 5.41) is 3.61. The van der Waals surface area contributed by atoms with Crippen LogP contribution in [0.3, 0.4) is 0 Å². The molecule has 0 saturated carbocycles. The fraction of sp³-hybridized carbons (Fsp3) is 0.667. The molecule has 20 heavy (non-hydrogen) atoms. The van der Waals surface area contributed by atoms with E-state index in [1.54, 1.807) is 12.1 Å². The first kappa shape index (κ1) is 17.2. The monoisotopic (exact) mass is 279 g/mol. The fourth-order valence-corrected chi connectivity index (χ4v) is 2.38. The van der Waals surface area contributed by atoms with Crippen molar-refractivity contribution in [3.63, 3.8) is 0 Å². The summed E-state index contributed by atoms with van der Waals surface area (Å²) in [6, 6.07) is 6.95. The van der Waals surface area contributed by atoms with Crippen LogP contribution in [0.25, 0.3) is 0 Å². The molecule has 2 heteroatoms. The highest BCUT2D eigenvalue weighted by Gasteiger charge is 2.17. The van der Waals surface area contributed by atoms with Crippen molar-refractivity contribution < 1.29 is 4.39 Å². The minimum absolute atomic E-state index is 0.149. The average Bonchev–Trinajstić information content (AvgIpc) is 2.37. The zero-order valence-corrected chi connectivity index (χ0v) is 13.7. The van der Waals surface area contributed by atoms with Gasteiger partial charge in [-0.3, -0.25) is 0 Å². The third-order valence-electron chi connectivity index (χ3n) is 3.79. The Morgan fingerprint density at radius 1 is 1.15 bits per heavy atom. The molecule has 0 fully saturated rings. The predicted octanol–water partition coefficient (Wildman–Crippen LogP) is 4.81. The normalized spacial score (nSPS) is 15.1. The van der Waals surface area contributed by atoms with E-state index in [0.29, 0.717) is 5.92 Å². The molecule has 0 heterocycles. The summed E-state index contributed by atoms with van der Waals surface area (Å²) in [6.07, 6.45) is 3.46. The molecular weight excluding hydrogens is 249 g/mol. The molecule has 0 aliphatic carbocycles. The van der Waals surface area contributed by atoms with Crippen LogP contribution < -0.4 is 5.32 Å². The van der Waals surface area contributed by atoms with Crippen LogP contribution in [0, 0.1) is 17.7 Å². The van der Waals surface area contributed by atoms with Crippen LogP contribution in [0.5, 0.6) is 0 Å². The Labute approximate surface area is 124 Å². The van der Waals surface area contributed by atoms with Crippen molar-refractivity contribution >= 4 is 0 Å². The molecule has 0 saturated heterocycles. The molecule has 2 atom stereocenters. The Hall–Kier alpha value is -0.890. The Kier molecular flexibility index (Phi) is 6.67.